The van der Waals surface area contributed by atoms with Crippen LogP contribution in [0.25, 0.3) is 0 Å². The third kappa shape index (κ3) is 7.37. The Morgan fingerprint density at radius 1 is 1.40 bits per heavy atom. The van der Waals surface area contributed by atoms with Crippen LogP contribution in [0.3, 0.4) is 0 Å². The van der Waals surface area contributed by atoms with Crippen molar-refractivity contribution in [2.75, 3.05) is 6.54 Å². The number of rotatable bonds is 7. The average molecular weight is 214 g/mol. The molecular formula is C12H26N2O. The van der Waals surface area contributed by atoms with Crippen molar-refractivity contribution < 1.29 is 4.79 Å². The van der Waals surface area contributed by atoms with Crippen LogP contribution in [0.15, 0.2) is 0 Å². The first-order valence-corrected chi connectivity index (χ1v) is 5.92. The fraction of sp³-hybridized carbons (Fsp3) is 0.917. The predicted molar refractivity (Wildman–Crippen MR) is 64.6 cm³/mol. The van der Waals surface area contributed by atoms with E-state index in [0.29, 0.717) is 0 Å². The van der Waals surface area contributed by atoms with Crippen molar-refractivity contribution in [3.05, 3.63) is 0 Å². The quantitative estimate of drug-likeness (QED) is 0.637. The summed E-state index contributed by atoms with van der Waals surface area (Å²) in [7, 11) is 0. The number of unbranched alkanes of at least 4 members (excludes halogenated alkanes) is 2. The molecule has 3 N–H and O–H groups in total. The van der Waals surface area contributed by atoms with Gasteiger partial charge in [0.1, 0.15) is 0 Å². The minimum atomic E-state index is -0.406. The number of hydrogen-bond donors (Lipinski definition) is 2. The van der Waals surface area contributed by atoms with E-state index in [9.17, 15) is 4.79 Å². The largest absolute Gasteiger partial charge is 0.354 e. The van der Waals surface area contributed by atoms with Crippen LogP contribution in [0.4, 0.5) is 0 Å². The zero-order chi connectivity index (χ0) is 11.9. The summed E-state index contributed by atoms with van der Waals surface area (Å²) in [4.78, 5) is 11.3. The summed E-state index contributed by atoms with van der Waals surface area (Å²) >= 11 is 0. The molecule has 0 rings (SSSR count). The maximum Gasteiger partial charge on any atom is 0.236 e. The molecule has 0 fully saturated rings. The summed E-state index contributed by atoms with van der Waals surface area (Å²) in [6.45, 7) is 9.00. The van der Waals surface area contributed by atoms with Crippen LogP contribution in [0.5, 0.6) is 0 Å². The van der Waals surface area contributed by atoms with Gasteiger partial charge in [0, 0.05) is 6.54 Å². The zero-order valence-corrected chi connectivity index (χ0v) is 10.6. The molecule has 0 aromatic carbocycles. The zero-order valence-electron chi connectivity index (χ0n) is 10.6. The van der Waals surface area contributed by atoms with Crippen molar-refractivity contribution in [3.63, 3.8) is 0 Å². The Morgan fingerprint density at radius 3 is 2.47 bits per heavy atom. The van der Waals surface area contributed by atoms with Crippen LogP contribution >= 0.6 is 0 Å². The van der Waals surface area contributed by atoms with Gasteiger partial charge in [-0.25, -0.2) is 0 Å². The first-order chi connectivity index (χ1) is 6.89. The molecule has 0 saturated heterocycles. The molecule has 0 aliphatic rings. The standard InChI is InChI=1S/C12H26N2O/c1-5-6-7-8-12(3,4)9-14-11(15)10(2)13/h10H,5-9,13H2,1-4H3,(H,14,15). The summed E-state index contributed by atoms with van der Waals surface area (Å²) in [5.74, 6) is -0.0569. The summed E-state index contributed by atoms with van der Waals surface area (Å²) in [5.41, 5.74) is 5.66. The van der Waals surface area contributed by atoms with Gasteiger partial charge in [-0.05, 0) is 18.8 Å². The highest BCUT2D eigenvalue weighted by molar-refractivity contribution is 5.80. The van der Waals surface area contributed by atoms with Gasteiger partial charge in [-0.15, -0.1) is 0 Å². The Bertz CT molecular complexity index is 188. The normalized spacial score (nSPS) is 13.7. The molecule has 1 unspecified atom stereocenters. The van der Waals surface area contributed by atoms with E-state index in [-0.39, 0.29) is 11.3 Å². The van der Waals surface area contributed by atoms with Crippen molar-refractivity contribution in [1.29, 1.82) is 0 Å². The second-order valence-corrected chi connectivity index (χ2v) is 5.13. The van der Waals surface area contributed by atoms with E-state index in [4.69, 9.17) is 5.73 Å². The summed E-state index contributed by atoms with van der Waals surface area (Å²) < 4.78 is 0. The van der Waals surface area contributed by atoms with E-state index in [2.05, 4.69) is 26.1 Å². The summed E-state index contributed by atoms with van der Waals surface area (Å²) in [6, 6.07) is -0.406. The Hall–Kier alpha value is -0.570. The molecule has 0 aliphatic heterocycles. The molecule has 0 spiro atoms. The van der Waals surface area contributed by atoms with Crippen molar-refractivity contribution in [3.8, 4) is 0 Å². The van der Waals surface area contributed by atoms with E-state index in [0.717, 1.165) is 13.0 Å². The molecule has 3 nitrogen and oxygen atoms in total. The van der Waals surface area contributed by atoms with Gasteiger partial charge < -0.3 is 11.1 Å². The molecule has 0 aromatic heterocycles. The monoisotopic (exact) mass is 214 g/mol. The topological polar surface area (TPSA) is 55.1 Å². The fourth-order valence-corrected chi connectivity index (χ4v) is 1.43. The minimum Gasteiger partial charge on any atom is -0.354 e. The van der Waals surface area contributed by atoms with Gasteiger partial charge in [0.05, 0.1) is 6.04 Å². The van der Waals surface area contributed by atoms with E-state index in [1.54, 1.807) is 6.92 Å². The van der Waals surface area contributed by atoms with Crippen LogP contribution in [0.1, 0.15) is 53.4 Å². The molecule has 0 bridgehead atoms. The Kier molecular flexibility index (Phi) is 6.57. The second kappa shape index (κ2) is 6.83. The van der Waals surface area contributed by atoms with Crippen LogP contribution in [-0.4, -0.2) is 18.5 Å². The fourth-order valence-electron chi connectivity index (χ4n) is 1.43. The highest BCUT2D eigenvalue weighted by atomic mass is 16.2. The number of carbonyl (C=O) groups is 1. The smallest absolute Gasteiger partial charge is 0.236 e. The Morgan fingerprint density at radius 2 is 2.00 bits per heavy atom. The number of nitrogens with one attached hydrogen (secondary N) is 1. The molecule has 0 radical (unpaired) electrons. The molecule has 1 amide bonds. The summed E-state index contributed by atoms with van der Waals surface area (Å²) in [6.07, 6.45) is 4.89. The van der Waals surface area contributed by atoms with Crippen molar-refractivity contribution in [1.82, 2.24) is 5.32 Å². The SMILES string of the molecule is CCCCCC(C)(C)CNC(=O)C(C)N. The maximum absolute atomic E-state index is 11.3. The number of nitrogens with two attached hydrogens (primary N) is 1. The van der Waals surface area contributed by atoms with Crippen LogP contribution in [0.2, 0.25) is 0 Å². The highest BCUT2D eigenvalue weighted by Gasteiger charge is 2.19. The van der Waals surface area contributed by atoms with Crippen LogP contribution in [0, 0.1) is 5.41 Å². The first-order valence-electron chi connectivity index (χ1n) is 5.92. The lowest BCUT2D eigenvalue weighted by atomic mass is 9.87. The van der Waals surface area contributed by atoms with Crippen molar-refractivity contribution >= 4 is 5.91 Å². The second-order valence-electron chi connectivity index (χ2n) is 5.13. The molecule has 1 atom stereocenters. The van der Waals surface area contributed by atoms with Crippen LogP contribution < -0.4 is 11.1 Å². The number of amides is 1. The lowest BCUT2D eigenvalue weighted by molar-refractivity contribution is -0.122. The van der Waals surface area contributed by atoms with E-state index >= 15 is 0 Å². The Labute approximate surface area is 93.8 Å². The van der Waals surface area contributed by atoms with Gasteiger partial charge in [-0.3, -0.25) is 4.79 Å². The molecule has 0 aromatic rings. The Balaban J connectivity index is 3.77. The predicted octanol–water partition coefficient (Wildman–Crippen LogP) is 2.06. The number of carbonyl (C=O) groups excluding carboxylic acids is 1. The lowest BCUT2D eigenvalue weighted by Crippen LogP contribution is -2.42. The van der Waals surface area contributed by atoms with E-state index < -0.39 is 6.04 Å². The van der Waals surface area contributed by atoms with Gasteiger partial charge in [0.25, 0.3) is 0 Å². The molecule has 90 valence electrons. The van der Waals surface area contributed by atoms with Gasteiger partial charge in [0.15, 0.2) is 0 Å². The minimum absolute atomic E-state index is 0.0569. The third-order valence-electron chi connectivity index (χ3n) is 2.61. The van der Waals surface area contributed by atoms with Gasteiger partial charge in [0.2, 0.25) is 5.91 Å². The molecule has 15 heavy (non-hydrogen) atoms. The van der Waals surface area contributed by atoms with Crippen molar-refractivity contribution in [2.45, 2.75) is 59.4 Å². The lowest BCUT2D eigenvalue weighted by Gasteiger charge is -2.25. The van der Waals surface area contributed by atoms with E-state index in [1.165, 1.54) is 19.3 Å². The average Bonchev–Trinajstić information content (AvgIpc) is 2.14. The van der Waals surface area contributed by atoms with Crippen LogP contribution in [-0.2, 0) is 4.79 Å². The number of hydrogen-bond acceptors (Lipinski definition) is 2. The van der Waals surface area contributed by atoms with E-state index in [1.807, 2.05) is 0 Å². The molecule has 0 aliphatic carbocycles. The third-order valence-corrected chi connectivity index (χ3v) is 2.61. The summed E-state index contributed by atoms with van der Waals surface area (Å²) in [5, 5.41) is 2.89. The molecule has 3 heteroatoms. The molecule has 0 heterocycles. The molecular weight excluding hydrogens is 188 g/mol. The van der Waals surface area contributed by atoms with Crippen molar-refractivity contribution in [2.24, 2.45) is 11.1 Å². The molecule has 0 saturated carbocycles. The first kappa shape index (κ1) is 14.4. The van der Waals surface area contributed by atoms with Gasteiger partial charge in [-0.2, -0.15) is 0 Å². The van der Waals surface area contributed by atoms with Gasteiger partial charge >= 0.3 is 0 Å². The van der Waals surface area contributed by atoms with Gasteiger partial charge in [-0.1, -0.05) is 40.0 Å². The maximum atomic E-state index is 11.3. The highest BCUT2D eigenvalue weighted by Crippen LogP contribution is 2.22.